The summed E-state index contributed by atoms with van der Waals surface area (Å²) < 4.78 is 0. The minimum atomic E-state index is 0.324. The summed E-state index contributed by atoms with van der Waals surface area (Å²) >= 11 is 1.81. The average molecular weight is 193 g/mol. The molecule has 0 bridgehead atoms. The summed E-state index contributed by atoms with van der Waals surface area (Å²) in [6.45, 7) is 0.945. The Bertz CT molecular complexity index is 327. The predicted molar refractivity (Wildman–Crippen MR) is 56.5 cm³/mol. The van der Waals surface area contributed by atoms with Crippen molar-refractivity contribution in [2.45, 2.75) is 0 Å². The molecule has 2 nitrogen and oxygen atoms in total. The van der Waals surface area contributed by atoms with Crippen LogP contribution < -0.4 is 5.32 Å². The fraction of sp³-hybridized carbons (Fsp3) is 0.200. The van der Waals surface area contributed by atoms with E-state index in [4.69, 9.17) is 0 Å². The minimum absolute atomic E-state index is 0.324. The van der Waals surface area contributed by atoms with Gasteiger partial charge in [0, 0.05) is 17.3 Å². The Morgan fingerprint density at radius 3 is 3.08 bits per heavy atom. The van der Waals surface area contributed by atoms with Gasteiger partial charge >= 0.3 is 0 Å². The van der Waals surface area contributed by atoms with Crippen LogP contribution in [0, 0.1) is 0 Å². The summed E-state index contributed by atoms with van der Waals surface area (Å²) in [6, 6.07) is 7.30. The van der Waals surface area contributed by atoms with E-state index in [1.165, 1.54) is 4.91 Å². The molecule has 0 spiro atoms. The lowest BCUT2D eigenvalue weighted by molar-refractivity contribution is 0.475. The van der Waals surface area contributed by atoms with Crippen LogP contribution in [0.1, 0.15) is 5.56 Å². The molecule has 0 radical (unpaired) electrons. The molecule has 0 amide bonds. The van der Waals surface area contributed by atoms with Crippen LogP contribution in [0.3, 0.4) is 0 Å². The first-order valence-corrected chi connectivity index (χ1v) is 5.16. The first kappa shape index (κ1) is 8.66. The summed E-state index contributed by atoms with van der Waals surface area (Å²) in [5.41, 5.74) is 1.06. The van der Waals surface area contributed by atoms with Crippen molar-refractivity contribution >= 4 is 17.8 Å². The fourth-order valence-electron chi connectivity index (χ4n) is 1.26. The number of benzene rings is 1. The largest absolute Gasteiger partial charge is 0.508 e. The number of hydrogen-bond acceptors (Lipinski definition) is 3. The zero-order chi connectivity index (χ0) is 9.10. The molecule has 1 aliphatic heterocycles. The van der Waals surface area contributed by atoms with Crippen LogP contribution in [-0.2, 0) is 0 Å². The molecule has 1 aromatic carbocycles. The lowest BCUT2D eigenvalue weighted by Crippen LogP contribution is -2.04. The van der Waals surface area contributed by atoms with E-state index in [0.29, 0.717) is 5.75 Å². The third-order valence-corrected chi connectivity index (χ3v) is 2.84. The highest BCUT2D eigenvalue weighted by Gasteiger charge is 2.05. The Labute approximate surface area is 81.7 Å². The van der Waals surface area contributed by atoms with Gasteiger partial charge in [0.25, 0.3) is 0 Å². The maximum atomic E-state index is 9.24. The van der Waals surface area contributed by atoms with E-state index >= 15 is 0 Å². The molecule has 0 saturated carbocycles. The van der Waals surface area contributed by atoms with E-state index in [2.05, 4.69) is 11.4 Å². The number of phenolic OH excluding ortho intramolecular Hbond substituents is 1. The van der Waals surface area contributed by atoms with Gasteiger partial charge in [-0.05, 0) is 23.8 Å². The van der Waals surface area contributed by atoms with Crippen molar-refractivity contribution in [1.29, 1.82) is 0 Å². The first-order valence-electron chi connectivity index (χ1n) is 4.18. The lowest BCUT2D eigenvalue weighted by Gasteiger charge is -1.96. The summed E-state index contributed by atoms with van der Waals surface area (Å²) in [4.78, 5) is 1.32. The Morgan fingerprint density at radius 2 is 2.38 bits per heavy atom. The molecule has 1 fully saturated rings. The van der Waals surface area contributed by atoms with Crippen molar-refractivity contribution in [2.24, 2.45) is 0 Å². The van der Waals surface area contributed by atoms with Gasteiger partial charge in [-0.25, -0.2) is 0 Å². The van der Waals surface area contributed by atoms with Gasteiger partial charge in [-0.1, -0.05) is 12.1 Å². The highest BCUT2D eigenvalue weighted by molar-refractivity contribution is 8.03. The van der Waals surface area contributed by atoms with Gasteiger partial charge in [0.2, 0.25) is 0 Å². The zero-order valence-corrected chi connectivity index (χ0v) is 7.97. The number of phenols is 1. The summed E-state index contributed by atoms with van der Waals surface area (Å²) in [6.07, 6.45) is 2.10. The molecule has 13 heavy (non-hydrogen) atoms. The maximum absolute atomic E-state index is 9.24. The molecular formula is C10H11NOS. The van der Waals surface area contributed by atoms with Gasteiger partial charge in [0.15, 0.2) is 0 Å². The molecule has 0 atom stereocenters. The second kappa shape index (κ2) is 3.85. The molecular weight excluding hydrogens is 182 g/mol. The van der Waals surface area contributed by atoms with E-state index in [9.17, 15) is 5.11 Å². The maximum Gasteiger partial charge on any atom is 0.116 e. The Hall–Kier alpha value is -0.930. The van der Waals surface area contributed by atoms with Crippen LogP contribution in [0.4, 0.5) is 0 Å². The van der Waals surface area contributed by atoms with E-state index in [0.717, 1.165) is 18.0 Å². The number of nitrogens with one attached hydrogen (secondary N) is 1. The quantitative estimate of drug-likeness (QED) is 0.715. The van der Waals surface area contributed by atoms with Gasteiger partial charge in [0.05, 0.1) is 0 Å². The minimum Gasteiger partial charge on any atom is -0.508 e. The van der Waals surface area contributed by atoms with Crippen LogP contribution >= 0.6 is 11.8 Å². The molecule has 1 aliphatic rings. The van der Waals surface area contributed by atoms with Gasteiger partial charge < -0.3 is 10.4 Å². The van der Waals surface area contributed by atoms with Crippen molar-refractivity contribution in [2.75, 3.05) is 12.4 Å². The van der Waals surface area contributed by atoms with Crippen molar-refractivity contribution in [3.05, 3.63) is 34.7 Å². The molecule has 3 heteroatoms. The van der Waals surface area contributed by atoms with Gasteiger partial charge in [-0.15, -0.1) is 11.8 Å². The van der Waals surface area contributed by atoms with Crippen molar-refractivity contribution in [1.82, 2.24) is 5.32 Å². The topological polar surface area (TPSA) is 32.3 Å². The molecule has 0 aliphatic carbocycles. The molecule has 1 saturated heterocycles. The monoisotopic (exact) mass is 193 g/mol. The standard InChI is InChI=1S/C10H11NOS/c12-9-3-1-2-8(4-9)5-10-6-11-7-13-10/h1-5,11-12H,6-7H2. The third kappa shape index (κ3) is 2.26. The van der Waals surface area contributed by atoms with Crippen LogP contribution in [0.5, 0.6) is 5.75 Å². The number of thioether (sulfide) groups is 1. The Kier molecular flexibility index (Phi) is 2.57. The highest BCUT2D eigenvalue weighted by atomic mass is 32.2. The van der Waals surface area contributed by atoms with Gasteiger partial charge in [0.1, 0.15) is 5.75 Å². The summed E-state index contributed by atoms with van der Waals surface area (Å²) in [5, 5.41) is 12.5. The van der Waals surface area contributed by atoms with Gasteiger partial charge in [-0.2, -0.15) is 0 Å². The summed E-state index contributed by atoms with van der Waals surface area (Å²) in [5.74, 6) is 1.32. The normalized spacial score (nSPS) is 19.5. The second-order valence-electron chi connectivity index (χ2n) is 2.92. The molecule has 2 N–H and O–H groups in total. The van der Waals surface area contributed by atoms with Gasteiger partial charge in [-0.3, -0.25) is 0 Å². The highest BCUT2D eigenvalue weighted by Crippen LogP contribution is 2.23. The van der Waals surface area contributed by atoms with E-state index in [-0.39, 0.29) is 0 Å². The number of hydrogen-bond donors (Lipinski definition) is 2. The molecule has 0 unspecified atom stereocenters. The van der Waals surface area contributed by atoms with E-state index in [1.807, 2.05) is 23.9 Å². The first-order chi connectivity index (χ1) is 6.34. The number of aromatic hydroxyl groups is 1. The third-order valence-electron chi connectivity index (χ3n) is 1.86. The van der Waals surface area contributed by atoms with Crippen molar-refractivity contribution < 1.29 is 5.11 Å². The molecule has 68 valence electrons. The Balaban J connectivity index is 2.21. The zero-order valence-electron chi connectivity index (χ0n) is 7.16. The SMILES string of the molecule is Oc1cccc(C=C2CNCS2)c1. The molecule has 1 heterocycles. The molecule has 2 rings (SSSR count). The predicted octanol–water partition coefficient (Wildman–Crippen LogP) is 2.03. The summed E-state index contributed by atoms with van der Waals surface area (Å²) in [7, 11) is 0. The van der Waals surface area contributed by atoms with Crippen LogP contribution in [0.25, 0.3) is 6.08 Å². The molecule has 1 aromatic rings. The van der Waals surface area contributed by atoms with Crippen LogP contribution in [0.15, 0.2) is 29.2 Å². The van der Waals surface area contributed by atoms with E-state index < -0.39 is 0 Å². The Morgan fingerprint density at radius 1 is 1.46 bits per heavy atom. The average Bonchev–Trinajstić information content (AvgIpc) is 2.57. The number of rotatable bonds is 1. The second-order valence-corrected chi connectivity index (χ2v) is 4.02. The van der Waals surface area contributed by atoms with E-state index in [1.54, 1.807) is 12.1 Å². The smallest absolute Gasteiger partial charge is 0.116 e. The molecule has 0 aromatic heterocycles. The van der Waals surface area contributed by atoms with Crippen molar-refractivity contribution in [3.63, 3.8) is 0 Å². The van der Waals surface area contributed by atoms with Crippen LogP contribution in [-0.4, -0.2) is 17.5 Å². The lowest BCUT2D eigenvalue weighted by atomic mass is 10.2. The van der Waals surface area contributed by atoms with Crippen molar-refractivity contribution in [3.8, 4) is 5.75 Å². The fourth-order valence-corrected chi connectivity index (χ4v) is 2.08. The van der Waals surface area contributed by atoms with Crippen LogP contribution in [0.2, 0.25) is 0 Å².